The van der Waals surface area contributed by atoms with Crippen molar-refractivity contribution in [2.24, 2.45) is 10.7 Å². The van der Waals surface area contributed by atoms with Crippen molar-refractivity contribution in [3.05, 3.63) is 29.8 Å². The van der Waals surface area contributed by atoms with Gasteiger partial charge in [-0.15, -0.1) is 0 Å². The first kappa shape index (κ1) is 14.8. The molecule has 1 aromatic carbocycles. The van der Waals surface area contributed by atoms with Gasteiger partial charge in [0.2, 0.25) is 0 Å². The highest BCUT2D eigenvalue weighted by atomic mass is 32.2. The third-order valence-corrected chi connectivity index (χ3v) is 2.33. The SMILES string of the molecule is CC.COc1ccc(CN=C(N)SC)cc1. The van der Waals surface area contributed by atoms with Gasteiger partial charge in [-0.2, -0.15) is 0 Å². The van der Waals surface area contributed by atoms with Crippen LogP contribution in [0.15, 0.2) is 29.3 Å². The molecular formula is C12H20N2OS. The molecule has 0 aliphatic heterocycles. The number of nitrogens with two attached hydrogens (primary N) is 1. The van der Waals surface area contributed by atoms with E-state index in [1.54, 1.807) is 7.11 Å². The van der Waals surface area contributed by atoms with E-state index in [0.717, 1.165) is 11.3 Å². The predicted octanol–water partition coefficient (Wildman–Crippen LogP) is 2.90. The molecule has 4 heteroatoms. The second-order valence-electron chi connectivity index (χ2n) is 2.71. The van der Waals surface area contributed by atoms with Crippen LogP contribution < -0.4 is 10.5 Å². The normalized spacial score (nSPS) is 10.4. The molecule has 0 aliphatic rings. The van der Waals surface area contributed by atoms with Crippen molar-refractivity contribution in [3.63, 3.8) is 0 Å². The minimum atomic E-state index is 0.612. The molecule has 3 nitrogen and oxygen atoms in total. The van der Waals surface area contributed by atoms with Gasteiger partial charge in [-0.25, -0.2) is 0 Å². The number of hydrogen-bond acceptors (Lipinski definition) is 3. The van der Waals surface area contributed by atoms with Crippen molar-refractivity contribution >= 4 is 16.9 Å². The van der Waals surface area contributed by atoms with Gasteiger partial charge >= 0.3 is 0 Å². The van der Waals surface area contributed by atoms with Crippen LogP contribution in [0.5, 0.6) is 5.75 Å². The Kier molecular flexibility index (Phi) is 8.43. The fourth-order valence-electron chi connectivity index (χ4n) is 0.965. The van der Waals surface area contributed by atoms with E-state index in [-0.39, 0.29) is 0 Å². The van der Waals surface area contributed by atoms with E-state index in [0.29, 0.717) is 11.7 Å². The van der Waals surface area contributed by atoms with Gasteiger partial charge in [-0.3, -0.25) is 4.99 Å². The zero-order valence-electron chi connectivity index (χ0n) is 10.4. The van der Waals surface area contributed by atoms with E-state index in [1.165, 1.54) is 11.8 Å². The monoisotopic (exact) mass is 240 g/mol. The van der Waals surface area contributed by atoms with Crippen LogP contribution in [0.4, 0.5) is 0 Å². The Morgan fingerprint density at radius 2 is 1.88 bits per heavy atom. The molecular weight excluding hydrogens is 220 g/mol. The summed E-state index contributed by atoms with van der Waals surface area (Å²) >= 11 is 1.45. The number of benzene rings is 1. The third-order valence-electron chi connectivity index (χ3n) is 1.79. The van der Waals surface area contributed by atoms with Crippen LogP contribution in [0.1, 0.15) is 19.4 Å². The van der Waals surface area contributed by atoms with Crippen LogP contribution in [0.2, 0.25) is 0 Å². The molecule has 0 saturated carbocycles. The third kappa shape index (κ3) is 5.66. The Morgan fingerprint density at radius 1 is 1.31 bits per heavy atom. The summed E-state index contributed by atoms with van der Waals surface area (Å²) in [5.41, 5.74) is 6.69. The molecule has 0 aliphatic carbocycles. The van der Waals surface area contributed by atoms with Gasteiger partial charge in [0.15, 0.2) is 5.17 Å². The number of nitrogens with zero attached hydrogens (tertiary/aromatic N) is 1. The lowest BCUT2D eigenvalue weighted by Gasteiger charge is -2.01. The minimum absolute atomic E-state index is 0.612. The molecule has 0 saturated heterocycles. The maximum absolute atomic E-state index is 5.57. The van der Waals surface area contributed by atoms with Gasteiger partial charge in [0.25, 0.3) is 0 Å². The molecule has 0 bridgehead atoms. The van der Waals surface area contributed by atoms with Crippen molar-refractivity contribution in [2.75, 3.05) is 13.4 Å². The first-order valence-electron chi connectivity index (χ1n) is 5.23. The summed E-state index contributed by atoms with van der Waals surface area (Å²) in [6.07, 6.45) is 1.91. The molecule has 0 fully saturated rings. The predicted molar refractivity (Wildman–Crippen MR) is 73.2 cm³/mol. The van der Waals surface area contributed by atoms with Gasteiger partial charge in [0, 0.05) is 0 Å². The average Bonchev–Trinajstić information content (AvgIpc) is 2.38. The summed E-state index contributed by atoms with van der Waals surface area (Å²) in [6.45, 7) is 4.62. The second kappa shape index (κ2) is 9.09. The topological polar surface area (TPSA) is 47.6 Å². The molecule has 0 heterocycles. The molecule has 16 heavy (non-hydrogen) atoms. The average molecular weight is 240 g/mol. The quantitative estimate of drug-likeness (QED) is 0.653. The highest BCUT2D eigenvalue weighted by Gasteiger charge is 1.93. The van der Waals surface area contributed by atoms with E-state index in [1.807, 2.05) is 44.4 Å². The zero-order chi connectivity index (χ0) is 12.4. The Hall–Kier alpha value is -1.16. The van der Waals surface area contributed by atoms with Crippen LogP contribution in [-0.4, -0.2) is 18.5 Å². The molecule has 2 N–H and O–H groups in total. The molecule has 1 rings (SSSR count). The zero-order valence-corrected chi connectivity index (χ0v) is 11.2. The van der Waals surface area contributed by atoms with Crippen molar-refractivity contribution in [1.82, 2.24) is 0 Å². The van der Waals surface area contributed by atoms with Crippen LogP contribution in [0, 0.1) is 0 Å². The van der Waals surface area contributed by atoms with E-state index in [4.69, 9.17) is 10.5 Å². The van der Waals surface area contributed by atoms with E-state index >= 15 is 0 Å². The molecule has 0 aromatic heterocycles. The van der Waals surface area contributed by atoms with Crippen molar-refractivity contribution in [2.45, 2.75) is 20.4 Å². The Balaban J connectivity index is 0.00000106. The smallest absolute Gasteiger partial charge is 0.153 e. The van der Waals surface area contributed by atoms with E-state index < -0.39 is 0 Å². The molecule has 1 aromatic rings. The van der Waals surface area contributed by atoms with Gasteiger partial charge in [0.05, 0.1) is 13.7 Å². The lowest BCUT2D eigenvalue weighted by atomic mass is 10.2. The van der Waals surface area contributed by atoms with Gasteiger partial charge in [-0.05, 0) is 24.0 Å². The molecule has 0 unspecified atom stereocenters. The standard InChI is InChI=1S/C10H14N2OS.C2H6/c1-13-9-5-3-8(4-6-9)7-12-10(11)14-2;1-2/h3-6H,7H2,1-2H3,(H2,11,12);1-2H3. The van der Waals surface area contributed by atoms with Gasteiger partial charge in [-0.1, -0.05) is 37.7 Å². The van der Waals surface area contributed by atoms with Crippen molar-refractivity contribution in [3.8, 4) is 5.75 Å². The maximum atomic E-state index is 5.57. The fourth-order valence-corrected chi connectivity index (χ4v) is 1.16. The summed E-state index contributed by atoms with van der Waals surface area (Å²) in [4.78, 5) is 4.18. The number of rotatable bonds is 3. The minimum Gasteiger partial charge on any atom is -0.497 e. The maximum Gasteiger partial charge on any atom is 0.153 e. The Labute approximate surface area is 102 Å². The van der Waals surface area contributed by atoms with E-state index in [9.17, 15) is 0 Å². The van der Waals surface area contributed by atoms with Crippen LogP contribution in [0.3, 0.4) is 0 Å². The number of ether oxygens (including phenoxy) is 1. The molecule has 0 radical (unpaired) electrons. The number of thioether (sulfide) groups is 1. The highest BCUT2D eigenvalue weighted by molar-refractivity contribution is 8.13. The number of methoxy groups -OCH3 is 1. The van der Waals surface area contributed by atoms with E-state index in [2.05, 4.69) is 4.99 Å². The van der Waals surface area contributed by atoms with Crippen molar-refractivity contribution < 1.29 is 4.74 Å². The lowest BCUT2D eigenvalue weighted by Crippen LogP contribution is -2.05. The Bertz CT molecular complexity index is 309. The summed E-state index contributed by atoms with van der Waals surface area (Å²) in [5.74, 6) is 0.857. The van der Waals surface area contributed by atoms with Gasteiger partial charge in [0.1, 0.15) is 5.75 Å². The van der Waals surface area contributed by atoms with Crippen molar-refractivity contribution in [1.29, 1.82) is 0 Å². The number of aliphatic imine (C=N–C) groups is 1. The first-order chi connectivity index (χ1) is 7.76. The number of hydrogen-bond donors (Lipinski definition) is 1. The summed E-state index contributed by atoms with van der Waals surface area (Å²) in [7, 11) is 1.65. The highest BCUT2D eigenvalue weighted by Crippen LogP contribution is 2.12. The fraction of sp³-hybridized carbons (Fsp3) is 0.417. The molecule has 0 amide bonds. The summed E-state index contributed by atoms with van der Waals surface area (Å²) < 4.78 is 5.05. The largest absolute Gasteiger partial charge is 0.497 e. The molecule has 90 valence electrons. The van der Waals surface area contributed by atoms with Crippen LogP contribution in [0.25, 0.3) is 0 Å². The number of amidine groups is 1. The molecule has 0 spiro atoms. The Morgan fingerprint density at radius 3 is 2.31 bits per heavy atom. The lowest BCUT2D eigenvalue weighted by molar-refractivity contribution is 0.414. The summed E-state index contributed by atoms with van der Waals surface area (Å²) in [6, 6.07) is 7.80. The molecule has 0 atom stereocenters. The summed E-state index contributed by atoms with van der Waals surface area (Å²) in [5, 5.41) is 0.612. The van der Waals surface area contributed by atoms with Crippen LogP contribution >= 0.6 is 11.8 Å². The van der Waals surface area contributed by atoms with Crippen LogP contribution in [-0.2, 0) is 6.54 Å². The second-order valence-corrected chi connectivity index (χ2v) is 3.53. The van der Waals surface area contributed by atoms with Gasteiger partial charge < -0.3 is 10.5 Å². The first-order valence-corrected chi connectivity index (χ1v) is 6.45.